The van der Waals surface area contributed by atoms with E-state index in [1.54, 1.807) is 0 Å². The van der Waals surface area contributed by atoms with Crippen LogP contribution < -0.4 is 0 Å². The van der Waals surface area contributed by atoms with Crippen molar-refractivity contribution in [3.05, 3.63) is 0 Å². The van der Waals surface area contributed by atoms with Crippen LogP contribution >= 0.6 is 0 Å². The number of esters is 3. The fourth-order valence-electron chi connectivity index (χ4n) is 8.97. The van der Waals surface area contributed by atoms with Crippen molar-refractivity contribution in [2.24, 2.45) is 17.8 Å². The number of unbranched alkanes of at least 4 members (excludes halogenated alkanes) is 34. The van der Waals surface area contributed by atoms with Gasteiger partial charge in [-0.2, -0.15) is 0 Å². The second-order valence-corrected chi connectivity index (χ2v) is 21.5. The van der Waals surface area contributed by atoms with E-state index in [1.807, 2.05) is 0 Å². The summed E-state index contributed by atoms with van der Waals surface area (Å²) in [5.41, 5.74) is 0. The van der Waals surface area contributed by atoms with Crippen LogP contribution in [-0.2, 0) is 28.6 Å². The number of rotatable bonds is 52. The van der Waals surface area contributed by atoms with E-state index in [2.05, 4.69) is 41.5 Å². The Morgan fingerprint density at radius 2 is 0.538 bits per heavy atom. The average Bonchev–Trinajstić information content (AvgIpc) is 3.28. The standard InChI is InChI=1S/C59H114O6/c1-7-55(6)47-41-35-29-22-18-14-11-12-15-19-23-30-36-42-48-57(60)63-51-56(52-64-58(61)49-43-37-31-26-25-28-34-40-46-54(4)5)65-59(62)50-44-38-32-24-20-16-10-8-9-13-17-21-27-33-39-45-53(2)3/h53-56H,7-52H2,1-6H3/t55?,56-/m1/s1. The first-order valence-corrected chi connectivity index (χ1v) is 29.1. The largest absolute Gasteiger partial charge is 0.462 e. The van der Waals surface area contributed by atoms with Gasteiger partial charge in [0.2, 0.25) is 0 Å². The molecule has 0 aliphatic rings. The van der Waals surface area contributed by atoms with Gasteiger partial charge in [-0.25, -0.2) is 0 Å². The molecule has 6 nitrogen and oxygen atoms in total. The van der Waals surface area contributed by atoms with E-state index in [9.17, 15) is 14.4 Å². The Morgan fingerprint density at radius 3 is 0.800 bits per heavy atom. The van der Waals surface area contributed by atoms with Crippen molar-refractivity contribution in [3.8, 4) is 0 Å². The summed E-state index contributed by atoms with van der Waals surface area (Å²) in [6.07, 6.45) is 52.4. The predicted octanol–water partition coefficient (Wildman–Crippen LogP) is 19.1. The average molecular weight is 920 g/mol. The zero-order valence-corrected chi connectivity index (χ0v) is 44.8. The zero-order chi connectivity index (χ0) is 47.7. The van der Waals surface area contributed by atoms with Crippen LogP contribution in [0.15, 0.2) is 0 Å². The minimum atomic E-state index is -0.764. The molecule has 0 saturated heterocycles. The lowest BCUT2D eigenvalue weighted by Crippen LogP contribution is -2.30. The molecule has 0 N–H and O–H groups in total. The minimum Gasteiger partial charge on any atom is -0.462 e. The molecule has 0 aliphatic heterocycles. The molecule has 386 valence electrons. The monoisotopic (exact) mass is 919 g/mol. The summed E-state index contributed by atoms with van der Waals surface area (Å²) >= 11 is 0. The molecule has 0 aromatic rings. The van der Waals surface area contributed by atoms with Gasteiger partial charge in [0.1, 0.15) is 13.2 Å². The summed E-state index contributed by atoms with van der Waals surface area (Å²) < 4.78 is 16.9. The number of ether oxygens (including phenoxy) is 3. The molecule has 0 amide bonds. The summed E-state index contributed by atoms with van der Waals surface area (Å²) in [6.45, 7) is 13.8. The van der Waals surface area contributed by atoms with Gasteiger partial charge in [0.15, 0.2) is 6.10 Å². The first-order valence-electron chi connectivity index (χ1n) is 29.1. The maximum Gasteiger partial charge on any atom is 0.306 e. The third-order valence-electron chi connectivity index (χ3n) is 13.8. The Balaban J connectivity index is 4.27. The predicted molar refractivity (Wildman–Crippen MR) is 279 cm³/mol. The number of hydrogen-bond acceptors (Lipinski definition) is 6. The van der Waals surface area contributed by atoms with E-state index >= 15 is 0 Å². The van der Waals surface area contributed by atoms with Crippen molar-refractivity contribution in [2.45, 2.75) is 330 Å². The van der Waals surface area contributed by atoms with E-state index in [-0.39, 0.29) is 31.1 Å². The van der Waals surface area contributed by atoms with E-state index in [0.29, 0.717) is 19.3 Å². The molecule has 0 aliphatic carbocycles. The lowest BCUT2D eigenvalue weighted by Gasteiger charge is -2.18. The maximum absolute atomic E-state index is 12.9. The molecular formula is C59H114O6. The van der Waals surface area contributed by atoms with Gasteiger partial charge in [-0.1, -0.05) is 286 Å². The molecule has 2 atom stereocenters. The molecule has 65 heavy (non-hydrogen) atoms. The van der Waals surface area contributed by atoms with E-state index in [1.165, 1.54) is 205 Å². The van der Waals surface area contributed by atoms with Crippen LogP contribution in [0.25, 0.3) is 0 Å². The molecule has 0 aromatic heterocycles. The third-order valence-corrected chi connectivity index (χ3v) is 13.8. The molecule has 0 saturated carbocycles. The van der Waals surface area contributed by atoms with Gasteiger partial charge >= 0.3 is 17.9 Å². The molecule has 1 unspecified atom stereocenters. The van der Waals surface area contributed by atoms with Gasteiger partial charge in [-0.05, 0) is 37.0 Å². The second-order valence-electron chi connectivity index (χ2n) is 21.5. The SMILES string of the molecule is CCC(C)CCCCCCCCCCCCCCCCC(=O)OC[C@H](COC(=O)CCCCCCCCCCC(C)C)OC(=O)CCCCCCCCCCCCCCCCCC(C)C. The van der Waals surface area contributed by atoms with Crippen molar-refractivity contribution in [2.75, 3.05) is 13.2 Å². The molecule has 0 bridgehead atoms. The van der Waals surface area contributed by atoms with Gasteiger partial charge in [0.05, 0.1) is 0 Å². The number of carbonyl (C=O) groups excluding carboxylic acids is 3. The molecule has 0 radical (unpaired) electrons. The lowest BCUT2D eigenvalue weighted by atomic mass is 9.99. The maximum atomic E-state index is 12.9. The first kappa shape index (κ1) is 63.4. The van der Waals surface area contributed by atoms with Crippen molar-refractivity contribution in [1.29, 1.82) is 0 Å². The summed E-state index contributed by atoms with van der Waals surface area (Å²) in [5, 5.41) is 0. The van der Waals surface area contributed by atoms with Crippen LogP contribution in [0, 0.1) is 17.8 Å². The van der Waals surface area contributed by atoms with Gasteiger partial charge in [-0.15, -0.1) is 0 Å². The Hall–Kier alpha value is -1.59. The van der Waals surface area contributed by atoms with Crippen molar-refractivity contribution < 1.29 is 28.6 Å². The Bertz CT molecular complexity index is 1010. The van der Waals surface area contributed by atoms with E-state index in [0.717, 1.165) is 75.5 Å². The van der Waals surface area contributed by atoms with Crippen LogP contribution in [0.2, 0.25) is 0 Å². The summed E-state index contributed by atoms with van der Waals surface area (Å²) in [4.78, 5) is 38.1. The molecule has 6 heteroatoms. The highest BCUT2D eigenvalue weighted by molar-refractivity contribution is 5.71. The highest BCUT2D eigenvalue weighted by Gasteiger charge is 2.19. The molecule has 0 aromatic carbocycles. The van der Waals surface area contributed by atoms with Crippen molar-refractivity contribution >= 4 is 17.9 Å². The molecule has 0 heterocycles. The quantitative estimate of drug-likeness (QED) is 0.0344. The molecule has 0 spiro atoms. The number of hydrogen-bond donors (Lipinski definition) is 0. The zero-order valence-electron chi connectivity index (χ0n) is 44.8. The van der Waals surface area contributed by atoms with Gasteiger partial charge in [0, 0.05) is 19.3 Å². The minimum absolute atomic E-state index is 0.0638. The lowest BCUT2D eigenvalue weighted by molar-refractivity contribution is -0.167. The molecule has 0 rings (SSSR count). The Labute approximate surface area is 406 Å². The number of carbonyl (C=O) groups is 3. The highest BCUT2D eigenvalue weighted by Crippen LogP contribution is 2.19. The Kier molecular flexibility index (Phi) is 49.1. The highest BCUT2D eigenvalue weighted by atomic mass is 16.6. The van der Waals surface area contributed by atoms with Crippen LogP contribution in [0.1, 0.15) is 324 Å². The first-order chi connectivity index (χ1) is 31.6. The Morgan fingerprint density at radius 1 is 0.308 bits per heavy atom. The van der Waals surface area contributed by atoms with Crippen LogP contribution in [0.4, 0.5) is 0 Å². The third kappa shape index (κ3) is 51.6. The fraction of sp³-hybridized carbons (Fsp3) is 0.949. The smallest absolute Gasteiger partial charge is 0.306 e. The van der Waals surface area contributed by atoms with E-state index < -0.39 is 6.10 Å². The van der Waals surface area contributed by atoms with Crippen LogP contribution in [-0.4, -0.2) is 37.2 Å². The normalized spacial score (nSPS) is 12.6. The van der Waals surface area contributed by atoms with E-state index in [4.69, 9.17) is 14.2 Å². The van der Waals surface area contributed by atoms with Gasteiger partial charge < -0.3 is 14.2 Å². The van der Waals surface area contributed by atoms with Gasteiger partial charge in [0.25, 0.3) is 0 Å². The molecule has 0 fully saturated rings. The van der Waals surface area contributed by atoms with Crippen molar-refractivity contribution in [3.63, 3.8) is 0 Å². The van der Waals surface area contributed by atoms with Crippen molar-refractivity contribution in [1.82, 2.24) is 0 Å². The topological polar surface area (TPSA) is 78.9 Å². The van der Waals surface area contributed by atoms with Crippen LogP contribution in [0.5, 0.6) is 0 Å². The van der Waals surface area contributed by atoms with Crippen LogP contribution in [0.3, 0.4) is 0 Å². The fourth-order valence-corrected chi connectivity index (χ4v) is 8.97. The summed E-state index contributed by atoms with van der Waals surface area (Å²) in [6, 6.07) is 0. The summed E-state index contributed by atoms with van der Waals surface area (Å²) in [7, 11) is 0. The second kappa shape index (κ2) is 50.3. The van der Waals surface area contributed by atoms with Gasteiger partial charge in [-0.3, -0.25) is 14.4 Å². The summed E-state index contributed by atoms with van der Waals surface area (Å²) in [5.74, 6) is 1.69. The molecular weight excluding hydrogens is 805 g/mol.